The van der Waals surface area contributed by atoms with Gasteiger partial charge >= 0.3 is 23.9 Å². The molecule has 0 aliphatic heterocycles. The van der Waals surface area contributed by atoms with E-state index >= 15 is 0 Å². The summed E-state index contributed by atoms with van der Waals surface area (Å²) in [7, 11) is 0. The second-order valence-corrected chi connectivity index (χ2v) is 5.11. The van der Waals surface area contributed by atoms with Gasteiger partial charge < -0.3 is 37.5 Å². The Balaban J connectivity index is 3.97. The van der Waals surface area contributed by atoms with Gasteiger partial charge in [-0.1, -0.05) is 0 Å². The number of rotatable bonds is 11. The molecule has 24 heavy (non-hydrogen) atoms. The third-order valence-electron chi connectivity index (χ3n) is 2.82. The van der Waals surface area contributed by atoms with Crippen molar-refractivity contribution >= 4 is 23.9 Å². The van der Waals surface area contributed by atoms with Crippen LogP contribution in [-0.4, -0.2) is 53.8 Å². The Labute approximate surface area is 138 Å². The van der Waals surface area contributed by atoms with Crippen LogP contribution in [0.2, 0.25) is 0 Å². The second kappa shape index (κ2) is 11.5. The first-order valence-electron chi connectivity index (χ1n) is 7.28. The van der Waals surface area contributed by atoms with Crippen LogP contribution in [0.15, 0.2) is 0 Å². The molecule has 0 bridgehead atoms. The minimum Gasteiger partial charge on any atom is -0.480 e. The fourth-order valence-corrected chi connectivity index (χ4v) is 1.48. The Kier molecular flexibility index (Phi) is 10.5. The molecular formula is C13H24N4O7. The van der Waals surface area contributed by atoms with Crippen LogP contribution in [0.5, 0.6) is 0 Å². The molecule has 0 unspecified atom stereocenters. The predicted octanol–water partition coefficient (Wildman–Crippen LogP) is -2.47. The average Bonchev–Trinajstić information content (AvgIpc) is 2.48. The van der Waals surface area contributed by atoms with E-state index in [1.807, 2.05) is 0 Å². The molecule has 0 saturated carbocycles. The molecule has 2 atom stereocenters. The first-order valence-corrected chi connectivity index (χ1v) is 7.28. The first-order chi connectivity index (χ1) is 11.1. The number of hydrogen-bond donors (Lipinski definition) is 5. The molecule has 0 spiro atoms. The van der Waals surface area contributed by atoms with Crippen LogP contribution in [0.25, 0.3) is 0 Å². The van der Waals surface area contributed by atoms with Gasteiger partial charge in [-0.3, -0.25) is 19.2 Å². The van der Waals surface area contributed by atoms with Crippen LogP contribution in [0.4, 0.5) is 0 Å². The van der Waals surface area contributed by atoms with Crippen LogP contribution in [-0.2, 0) is 28.7 Å². The lowest BCUT2D eigenvalue weighted by Crippen LogP contribution is -2.35. The molecular weight excluding hydrogens is 324 g/mol. The van der Waals surface area contributed by atoms with E-state index in [-0.39, 0.29) is 19.4 Å². The molecule has 0 aliphatic rings. The molecule has 0 fully saturated rings. The highest BCUT2D eigenvalue weighted by atomic mass is 16.6. The second-order valence-electron chi connectivity index (χ2n) is 5.11. The highest BCUT2D eigenvalue weighted by Crippen LogP contribution is 2.02. The molecule has 0 radical (unpaired) electrons. The van der Waals surface area contributed by atoms with Crippen molar-refractivity contribution in [2.45, 2.75) is 50.4 Å². The van der Waals surface area contributed by atoms with E-state index in [0.29, 0.717) is 12.8 Å². The molecule has 0 aromatic carbocycles. The van der Waals surface area contributed by atoms with E-state index in [9.17, 15) is 19.2 Å². The summed E-state index contributed by atoms with van der Waals surface area (Å²) in [6, 6.07) is -2.51. The van der Waals surface area contributed by atoms with Crippen LogP contribution in [0, 0.1) is 0 Å². The topological polar surface area (TPSA) is 211 Å². The molecule has 0 aromatic rings. The summed E-state index contributed by atoms with van der Waals surface area (Å²) in [5, 5.41) is 8.52. The van der Waals surface area contributed by atoms with Crippen molar-refractivity contribution < 1.29 is 33.8 Å². The molecule has 11 heteroatoms. The van der Waals surface area contributed by atoms with Gasteiger partial charge in [0.05, 0.1) is 19.2 Å². The first kappa shape index (κ1) is 21.9. The van der Waals surface area contributed by atoms with Gasteiger partial charge in [0.2, 0.25) is 0 Å². The normalized spacial score (nSPS) is 13.2. The lowest BCUT2D eigenvalue weighted by Gasteiger charge is -2.12. The highest BCUT2D eigenvalue weighted by Gasteiger charge is 2.21. The van der Waals surface area contributed by atoms with E-state index in [4.69, 9.17) is 32.8 Å². The number of esters is 3. The SMILES string of the molecule is NC(N)CCCOC(=O)[C@@H](N)CCC(=O)OC(=O)C[C@H](N)C(=O)O. The third kappa shape index (κ3) is 10.6. The Morgan fingerprint density at radius 2 is 1.54 bits per heavy atom. The van der Waals surface area contributed by atoms with Gasteiger partial charge in [-0.2, -0.15) is 0 Å². The van der Waals surface area contributed by atoms with E-state index in [1.54, 1.807) is 0 Å². The van der Waals surface area contributed by atoms with Crippen molar-refractivity contribution in [1.82, 2.24) is 0 Å². The number of carboxylic acids is 1. The summed E-state index contributed by atoms with van der Waals surface area (Å²) in [5.74, 6) is -4.09. The van der Waals surface area contributed by atoms with Gasteiger partial charge in [0.25, 0.3) is 0 Å². The summed E-state index contributed by atoms with van der Waals surface area (Å²) in [6.07, 6.45) is -0.562. The Morgan fingerprint density at radius 1 is 0.917 bits per heavy atom. The molecule has 0 heterocycles. The molecule has 11 nitrogen and oxygen atoms in total. The maximum Gasteiger partial charge on any atom is 0.322 e. The number of hydrogen-bond acceptors (Lipinski definition) is 10. The number of carbonyl (C=O) groups excluding carboxylic acids is 3. The van der Waals surface area contributed by atoms with Crippen molar-refractivity contribution in [3.63, 3.8) is 0 Å². The van der Waals surface area contributed by atoms with E-state index in [0.717, 1.165) is 0 Å². The number of nitrogens with two attached hydrogens (primary N) is 4. The minimum atomic E-state index is -1.45. The minimum absolute atomic E-state index is 0.0909. The van der Waals surface area contributed by atoms with E-state index in [2.05, 4.69) is 4.74 Å². The van der Waals surface area contributed by atoms with Gasteiger partial charge in [-0.25, -0.2) is 0 Å². The zero-order valence-corrected chi connectivity index (χ0v) is 13.2. The lowest BCUT2D eigenvalue weighted by molar-refractivity contribution is -0.161. The summed E-state index contributed by atoms with van der Waals surface area (Å²) < 4.78 is 9.24. The number of aliphatic carboxylic acids is 1. The van der Waals surface area contributed by atoms with Crippen LogP contribution < -0.4 is 22.9 Å². The third-order valence-corrected chi connectivity index (χ3v) is 2.82. The summed E-state index contributed by atoms with van der Waals surface area (Å²) in [5.41, 5.74) is 21.3. The van der Waals surface area contributed by atoms with Crippen LogP contribution in [0.1, 0.15) is 32.1 Å². The average molecular weight is 348 g/mol. The van der Waals surface area contributed by atoms with Crippen molar-refractivity contribution in [2.75, 3.05) is 6.61 Å². The van der Waals surface area contributed by atoms with Gasteiger partial charge in [0.1, 0.15) is 12.1 Å². The van der Waals surface area contributed by atoms with Crippen LogP contribution >= 0.6 is 0 Å². The Hall–Kier alpha value is -2.08. The van der Waals surface area contributed by atoms with Gasteiger partial charge in [0.15, 0.2) is 0 Å². The monoisotopic (exact) mass is 348 g/mol. The van der Waals surface area contributed by atoms with Crippen LogP contribution in [0.3, 0.4) is 0 Å². The van der Waals surface area contributed by atoms with E-state index in [1.165, 1.54) is 0 Å². The fourth-order valence-electron chi connectivity index (χ4n) is 1.48. The Morgan fingerprint density at radius 3 is 2.08 bits per heavy atom. The number of carbonyl (C=O) groups is 4. The van der Waals surface area contributed by atoms with Crippen molar-refractivity contribution in [1.29, 1.82) is 0 Å². The number of carboxylic acid groups (broad SMARTS) is 1. The molecule has 9 N–H and O–H groups in total. The van der Waals surface area contributed by atoms with Gasteiger partial charge in [-0.05, 0) is 19.3 Å². The summed E-state index contributed by atoms with van der Waals surface area (Å²) >= 11 is 0. The lowest BCUT2D eigenvalue weighted by atomic mass is 10.1. The maximum absolute atomic E-state index is 11.5. The quantitative estimate of drug-likeness (QED) is 0.114. The van der Waals surface area contributed by atoms with Crippen molar-refractivity contribution in [3.05, 3.63) is 0 Å². The Bertz CT molecular complexity index is 456. The molecule has 0 aliphatic carbocycles. The molecule has 0 rings (SSSR count). The zero-order chi connectivity index (χ0) is 18.7. The molecule has 0 aromatic heterocycles. The molecule has 0 saturated heterocycles. The predicted molar refractivity (Wildman–Crippen MR) is 80.9 cm³/mol. The summed E-state index contributed by atoms with van der Waals surface area (Å²) in [4.78, 5) is 44.6. The number of ether oxygens (including phenoxy) is 2. The maximum atomic E-state index is 11.5. The highest BCUT2D eigenvalue weighted by molar-refractivity contribution is 5.88. The fraction of sp³-hybridized carbons (Fsp3) is 0.692. The van der Waals surface area contributed by atoms with Crippen molar-refractivity contribution in [3.8, 4) is 0 Å². The zero-order valence-electron chi connectivity index (χ0n) is 13.2. The molecule has 138 valence electrons. The van der Waals surface area contributed by atoms with Gasteiger partial charge in [-0.15, -0.1) is 0 Å². The molecule has 0 amide bonds. The smallest absolute Gasteiger partial charge is 0.322 e. The van der Waals surface area contributed by atoms with Gasteiger partial charge in [0, 0.05) is 6.42 Å². The summed E-state index contributed by atoms with van der Waals surface area (Å²) in [6.45, 7) is 0.105. The van der Waals surface area contributed by atoms with Crippen molar-refractivity contribution in [2.24, 2.45) is 22.9 Å². The van der Waals surface area contributed by atoms with E-state index < -0.39 is 48.5 Å². The largest absolute Gasteiger partial charge is 0.480 e. The standard InChI is InChI=1S/C13H24N4O7/c14-7(13(22)23-5-1-2-9(16)17)3-4-10(18)24-11(19)6-8(15)12(20)21/h7-9H,1-6,14-17H2,(H,20,21)/t7-,8-/m0/s1.